The van der Waals surface area contributed by atoms with Crippen LogP contribution in [0.4, 0.5) is 0 Å². The van der Waals surface area contributed by atoms with Crippen molar-refractivity contribution in [3.63, 3.8) is 0 Å². The predicted octanol–water partition coefficient (Wildman–Crippen LogP) is 4.11. The molecule has 1 saturated heterocycles. The van der Waals surface area contributed by atoms with Crippen molar-refractivity contribution in [1.29, 1.82) is 0 Å². The Hall–Kier alpha value is -2.83. The normalized spacial score (nSPS) is 14.1. The first-order valence-electron chi connectivity index (χ1n) is 10.4. The van der Waals surface area contributed by atoms with E-state index in [4.69, 9.17) is 21.1 Å². The molecule has 4 rings (SSSR count). The van der Waals surface area contributed by atoms with E-state index in [1.165, 1.54) is 0 Å². The molecule has 0 N–H and O–H groups in total. The number of hydrogen-bond donors (Lipinski definition) is 0. The smallest absolute Gasteiger partial charge is 0.295 e. The third kappa shape index (κ3) is 4.75. The molecule has 3 aromatic rings. The van der Waals surface area contributed by atoms with E-state index in [0.717, 1.165) is 33.7 Å². The van der Waals surface area contributed by atoms with Crippen LogP contribution in [0.1, 0.15) is 22.3 Å². The summed E-state index contributed by atoms with van der Waals surface area (Å²) < 4.78 is 13.1. The second-order valence-corrected chi connectivity index (χ2v) is 8.01. The number of carbonyl (C=O) groups excluding carboxylic acids is 2. The van der Waals surface area contributed by atoms with E-state index in [9.17, 15) is 9.59 Å². The van der Waals surface area contributed by atoms with Gasteiger partial charge in [0.15, 0.2) is 0 Å². The second kappa shape index (κ2) is 9.54. The van der Waals surface area contributed by atoms with Crippen LogP contribution in [0.2, 0.25) is 5.02 Å². The summed E-state index contributed by atoms with van der Waals surface area (Å²) in [7, 11) is 0. The van der Waals surface area contributed by atoms with Crippen molar-refractivity contribution in [2.24, 2.45) is 0 Å². The van der Waals surface area contributed by atoms with Crippen LogP contribution < -0.4 is 4.74 Å². The van der Waals surface area contributed by atoms with Gasteiger partial charge in [0.25, 0.3) is 11.7 Å². The molecular weight excluding hydrogens is 416 g/mol. The number of para-hydroxylation sites is 1. The molecule has 0 radical (unpaired) electrons. The molecular formula is C24H25ClN2O4. The van der Waals surface area contributed by atoms with Crippen LogP contribution in [-0.4, -0.2) is 54.1 Å². The third-order valence-corrected chi connectivity index (χ3v) is 5.89. The number of fused-ring (bicyclic) bond motifs is 1. The van der Waals surface area contributed by atoms with Crippen molar-refractivity contribution in [3.05, 3.63) is 64.8 Å². The fourth-order valence-corrected chi connectivity index (χ4v) is 3.89. The molecule has 31 heavy (non-hydrogen) atoms. The van der Waals surface area contributed by atoms with Crippen LogP contribution in [0.25, 0.3) is 10.9 Å². The van der Waals surface area contributed by atoms with E-state index in [1.807, 2.05) is 54.0 Å². The second-order valence-electron chi connectivity index (χ2n) is 7.60. The van der Waals surface area contributed by atoms with Crippen molar-refractivity contribution in [3.8, 4) is 5.75 Å². The average molecular weight is 441 g/mol. The van der Waals surface area contributed by atoms with Crippen LogP contribution in [-0.2, 0) is 16.1 Å². The Morgan fingerprint density at radius 2 is 1.90 bits per heavy atom. The lowest BCUT2D eigenvalue weighted by molar-refractivity contribution is -0.130. The molecule has 1 fully saturated rings. The van der Waals surface area contributed by atoms with Crippen LogP contribution in [0, 0.1) is 6.92 Å². The molecule has 1 aromatic heterocycles. The first-order valence-corrected chi connectivity index (χ1v) is 10.8. The number of morpholine rings is 1. The SMILES string of the molecule is Cc1cc(OCCCn2cc(C(=O)C(=O)N3CCOCC3)c3ccccc32)ccc1Cl. The molecule has 0 atom stereocenters. The molecule has 0 aliphatic carbocycles. The minimum absolute atomic E-state index is 0.446. The Labute approximate surface area is 186 Å². The summed E-state index contributed by atoms with van der Waals surface area (Å²) >= 11 is 6.06. The molecule has 7 heteroatoms. The maximum atomic E-state index is 13.0. The van der Waals surface area contributed by atoms with E-state index < -0.39 is 11.7 Å². The summed E-state index contributed by atoms with van der Waals surface area (Å²) in [4.78, 5) is 27.2. The largest absolute Gasteiger partial charge is 0.494 e. The van der Waals surface area contributed by atoms with Crippen LogP contribution >= 0.6 is 11.6 Å². The number of ketones is 1. The number of aromatic nitrogens is 1. The van der Waals surface area contributed by atoms with Crippen LogP contribution in [0.3, 0.4) is 0 Å². The number of amides is 1. The Bertz CT molecular complexity index is 1100. The van der Waals surface area contributed by atoms with E-state index >= 15 is 0 Å². The molecule has 1 aliphatic rings. The van der Waals surface area contributed by atoms with E-state index in [-0.39, 0.29) is 0 Å². The van der Waals surface area contributed by atoms with E-state index in [2.05, 4.69) is 0 Å². The van der Waals surface area contributed by atoms with Gasteiger partial charge >= 0.3 is 0 Å². The summed E-state index contributed by atoms with van der Waals surface area (Å²) in [6, 6.07) is 13.3. The van der Waals surface area contributed by atoms with Crippen molar-refractivity contribution in [1.82, 2.24) is 9.47 Å². The highest BCUT2D eigenvalue weighted by atomic mass is 35.5. The molecule has 1 aliphatic heterocycles. The summed E-state index contributed by atoms with van der Waals surface area (Å²) in [6.07, 6.45) is 2.54. The summed E-state index contributed by atoms with van der Waals surface area (Å²) in [5.41, 5.74) is 2.35. The summed E-state index contributed by atoms with van der Waals surface area (Å²) in [5.74, 6) is -0.149. The number of nitrogens with zero attached hydrogens (tertiary/aromatic N) is 2. The first-order chi connectivity index (χ1) is 15.0. The summed E-state index contributed by atoms with van der Waals surface area (Å²) in [6.45, 7) is 4.98. The Kier molecular flexibility index (Phi) is 6.59. The average Bonchev–Trinajstić information content (AvgIpc) is 3.17. The monoisotopic (exact) mass is 440 g/mol. The van der Waals surface area contributed by atoms with Crippen molar-refractivity contribution < 1.29 is 19.1 Å². The van der Waals surface area contributed by atoms with Gasteiger partial charge in [0.1, 0.15) is 5.75 Å². The lowest BCUT2D eigenvalue weighted by Crippen LogP contribution is -2.44. The zero-order chi connectivity index (χ0) is 21.8. The Morgan fingerprint density at radius 1 is 1.13 bits per heavy atom. The number of halogens is 1. The molecule has 6 nitrogen and oxygen atoms in total. The molecule has 1 amide bonds. The first kappa shape index (κ1) is 21.4. The van der Waals surface area contributed by atoms with Gasteiger partial charge < -0.3 is 18.9 Å². The Balaban J connectivity index is 1.45. The number of ether oxygens (including phenoxy) is 2. The van der Waals surface area contributed by atoms with Crippen molar-refractivity contribution >= 4 is 34.2 Å². The highest BCUT2D eigenvalue weighted by Crippen LogP contribution is 2.24. The molecule has 0 unspecified atom stereocenters. The van der Waals surface area contributed by atoms with Gasteiger partial charge in [-0.25, -0.2) is 0 Å². The van der Waals surface area contributed by atoms with Crippen LogP contribution in [0.5, 0.6) is 5.75 Å². The van der Waals surface area contributed by atoms with Gasteiger partial charge in [0.2, 0.25) is 0 Å². The van der Waals surface area contributed by atoms with Gasteiger partial charge in [-0.2, -0.15) is 0 Å². The van der Waals surface area contributed by atoms with Crippen molar-refractivity contribution in [2.45, 2.75) is 19.9 Å². The zero-order valence-electron chi connectivity index (χ0n) is 17.5. The highest BCUT2D eigenvalue weighted by molar-refractivity contribution is 6.44. The molecule has 0 saturated carbocycles. The maximum absolute atomic E-state index is 13.0. The fourth-order valence-electron chi connectivity index (χ4n) is 3.77. The maximum Gasteiger partial charge on any atom is 0.295 e. The number of benzene rings is 2. The molecule has 0 bridgehead atoms. The number of Topliss-reactive ketones (excluding diaryl/α,β-unsaturated/α-hetero) is 1. The lowest BCUT2D eigenvalue weighted by atomic mass is 10.1. The topological polar surface area (TPSA) is 60.8 Å². The third-order valence-electron chi connectivity index (χ3n) is 5.47. The number of aryl methyl sites for hydroxylation is 2. The van der Waals surface area contributed by atoms with Gasteiger partial charge in [-0.15, -0.1) is 0 Å². The van der Waals surface area contributed by atoms with E-state index in [0.29, 0.717) is 45.0 Å². The highest BCUT2D eigenvalue weighted by Gasteiger charge is 2.27. The number of carbonyl (C=O) groups is 2. The van der Waals surface area contributed by atoms with Crippen LogP contribution in [0.15, 0.2) is 48.7 Å². The van der Waals surface area contributed by atoms with Gasteiger partial charge in [-0.3, -0.25) is 9.59 Å². The quantitative estimate of drug-likeness (QED) is 0.315. The molecule has 0 spiro atoms. The van der Waals surface area contributed by atoms with Gasteiger partial charge in [-0.05, 0) is 43.2 Å². The molecule has 162 valence electrons. The molecule has 2 aromatic carbocycles. The van der Waals surface area contributed by atoms with Gasteiger partial charge in [0.05, 0.1) is 25.4 Å². The van der Waals surface area contributed by atoms with E-state index in [1.54, 1.807) is 11.1 Å². The lowest BCUT2D eigenvalue weighted by Gasteiger charge is -2.25. The number of rotatable bonds is 7. The van der Waals surface area contributed by atoms with Crippen molar-refractivity contribution in [2.75, 3.05) is 32.9 Å². The standard InChI is InChI=1S/C24H25ClN2O4/c1-17-15-18(7-8-21(17)25)31-12-4-9-27-16-20(19-5-2-3-6-22(19)27)23(28)24(29)26-10-13-30-14-11-26/h2-3,5-8,15-16H,4,9-14H2,1H3. The fraction of sp³-hybridized carbons (Fsp3) is 0.333. The predicted molar refractivity (Wildman–Crippen MR) is 120 cm³/mol. The summed E-state index contributed by atoms with van der Waals surface area (Å²) in [5, 5.41) is 1.51. The zero-order valence-corrected chi connectivity index (χ0v) is 18.2. The Morgan fingerprint density at radius 3 is 2.68 bits per heavy atom. The molecule has 2 heterocycles. The minimum Gasteiger partial charge on any atom is -0.494 e. The van der Waals surface area contributed by atoms with Gasteiger partial charge in [-0.1, -0.05) is 29.8 Å². The number of hydrogen-bond acceptors (Lipinski definition) is 4. The van der Waals surface area contributed by atoms with Gasteiger partial charge in [0, 0.05) is 41.8 Å². The minimum atomic E-state index is -0.468.